The number of hydrogen-bond acceptors (Lipinski definition) is 5. The Morgan fingerprint density at radius 3 is 2.64 bits per heavy atom. The monoisotopic (exact) mass is 494 g/mol. The topological polar surface area (TPSA) is 114 Å². The fourth-order valence-corrected chi connectivity index (χ4v) is 4.20. The van der Waals surface area contributed by atoms with E-state index in [4.69, 9.17) is 4.74 Å². The Kier molecular flexibility index (Phi) is 7.62. The molecule has 1 aromatic heterocycles. The maximum atomic E-state index is 14.6. The second-order valence-electron chi connectivity index (χ2n) is 8.54. The molecule has 3 aromatic rings. The van der Waals surface area contributed by atoms with Gasteiger partial charge in [0.05, 0.1) is 19.0 Å². The summed E-state index contributed by atoms with van der Waals surface area (Å²) >= 11 is 0. The maximum absolute atomic E-state index is 14.6. The number of aromatic nitrogens is 2. The molecule has 10 heteroatoms. The number of halogens is 1. The van der Waals surface area contributed by atoms with Gasteiger partial charge >= 0.3 is 5.97 Å². The lowest BCUT2D eigenvalue weighted by Crippen LogP contribution is -2.31. The molecular weight excluding hydrogens is 467 g/mol. The molecule has 188 valence electrons. The smallest absolute Gasteiger partial charge is 0.305 e. The molecule has 2 N–H and O–H groups in total. The number of nitrogens with one attached hydrogen (secondary N) is 1. The van der Waals surface area contributed by atoms with E-state index in [0.29, 0.717) is 25.1 Å². The van der Waals surface area contributed by atoms with Gasteiger partial charge < -0.3 is 20.1 Å². The van der Waals surface area contributed by atoms with E-state index in [1.165, 1.54) is 28.9 Å². The molecule has 1 saturated heterocycles. The van der Waals surface area contributed by atoms with Crippen LogP contribution in [0.3, 0.4) is 0 Å². The van der Waals surface area contributed by atoms with Crippen LogP contribution in [0.25, 0.3) is 5.69 Å². The SMILES string of the molecule is Cc1ccccc1[C@H](CC(=O)O)NC(=O)c1cc(OCCN2CCCC2=O)n(-c2ccccc2F)n1. The number of nitrogens with zero attached hydrogens (tertiary/aromatic N) is 3. The third-order valence-corrected chi connectivity index (χ3v) is 6.02. The summed E-state index contributed by atoms with van der Waals surface area (Å²) in [5.41, 5.74) is 1.54. The van der Waals surface area contributed by atoms with Crippen LogP contribution in [0.2, 0.25) is 0 Å². The van der Waals surface area contributed by atoms with E-state index in [2.05, 4.69) is 10.4 Å². The highest BCUT2D eigenvalue weighted by Crippen LogP contribution is 2.24. The zero-order valence-electron chi connectivity index (χ0n) is 19.8. The van der Waals surface area contributed by atoms with Crippen molar-refractivity contribution in [2.45, 2.75) is 32.2 Å². The molecule has 1 aliphatic rings. The van der Waals surface area contributed by atoms with Crippen molar-refractivity contribution >= 4 is 17.8 Å². The Balaban J connectivity index is 1.59. The van der Waals surface area contributed by atoms with Crippen molar-refractivity contribution in [1.29, 1.82) is 0 Å². The lowest BCUT2D eigenvalue weighted by Gasteiger charge is -2.18. The molecule has 36 heavy (non-hydrogen) atoms. The fraction of sp³-hybridized carbons (Fsp3) is 0.308. The van der Waals surface area contributed by atoms with Crippen molar-refractivity contribution in [3.8, 4) is 11.6 Å². The number of para-hydroxylation sites is 1. The van der Waals surface area contributed by atoms with Gasteiger partial charge in [-0.25, -0.2) is 4.39 Å². The standard InChI is InChI=1S/C26H27FN4O5/c1-17-7-2-3-8-18(17)20(16-25(33)34)28-26(35)21-15-24(36-14-13-30-12-6-11-23(30)32)31(29-21)22-10-5-4-9-19(22)27/h2-5,7-10,15,20H,6,11-14,16H2,1H3,(H,28,35)(H,33,34)/t20-/m0/s1. The van der Waals surface area contributed by atoms with Gasteiger partial charge in [-0.2, -0.15) is 9.78 Å². The minimum absolute atomic E-state index is 0.0574. The summed E-state index contributed by atoms with van der Waals surface area (Å²) in [4.78, 5) is 38.2. The van der Waals surface area contributed by atoms with Crippen LogP contribution < -0.4 is 10.1 Å². The summed E-state index contributed by atoms with van der Waals surface area (Å²) in [7, 11) is 0. The van der Waals surface area contributed by atoms with Crippen LogP contribution >= 0.6 is 0 Å². The quantitative estimate of drug-likeness (QED) is 0.447. The molecule has 2 aromatic carbocycles. The highest BCUT2D eigenvalue weighted by Gasteiger charge is 2.25. The third-order valence-electron chi connectivity index (χ3n) is 6.02. The van der Waals surface area contributed by atoms with Crippen LogP contribution in [0.4, 0.5) is 4.39 Å². The van der Waals surface area contributed by atoms with Crippen LogP contribution in [-0.2, 0) is 9.59 Å². The van der Waals surface area contributed by atoms with Gasteiger partial charge in [0, 0.05) is 19.0 Å². The predicted molar refractivity (Wildman–Crippen MR) is 128 cm³/mol. The number of amides is 2. The van der Waals surface area contributed by atoms with E-state index in [0.717, 1.165) is 12.0 Å². The van der Waals surface area contributed by atoms with Crippen molar-refractivity contribution in [3.05, 3.63) is 77.2 Å². The number of aryl methyl sites for hydroxylation is 1. The van der Waals surface area contributed by atoms with Crippen LogP contribution in [0.5, 0.6) is 5.88 Å². The molecule has 0 spiro atoms. The minimum Gasteiger partial charge on any atom is -0.481 e. The number of benzene rings is 2. The van der Waals surface area contributed by atoms with Crippen LogP contribution in [0.1, 0.15) is 46.9 Å². The molecule has 4 rings (SSSR count). The highest BCUT2D eigenvalue weighted by molar-refractivity contribution is 5.93. The van der Waals surface area contributed by atoms with E-state index in [1.807, 2.05) is 19.1 Å². The minimum atomic E-state index is -1.07. The lowest BCUT2D eigenvalue weighted by atomic mass is 9.98. The zero-order valence-corrected chi connectivity index (χ0v) is 19.8. The Labute approximate surface area is 207 Å². The normalized spacial score (nSPS) is 14.1. The molecular formula is C26H27FN4O5. The molecule has 0 aliphatic carbocycles. The number of ether oxygens (including phenoxy) is 1. The van der Waals surface area contributed by atoms with Crippen molar-refractivity contribution in [1.82, 2.24) is 20.0 Å². The number of carboxylic acids is 1. The van der Waals surface area contributed by atoms with E-state index in [-0.39, 0.29) is 36.2 Å². The summed E-state index contributed by atoms with van der Waals surface area (Å²) in [5.74, 6) is -2.07. The second kappa shape index (κ2) is 11.0. The third kappa shape index (κ3) is 5.70. The molecule has 0 saturated carbocycles. The summed E-state index contributed by atoms with van der Waals surface area (Å²) in [6.45, 7) is 2.99. The summed E-state index contributed by atoms with van der Waals surface area (Å²) in [6, 6.07) is 13.7. The number of carbonyl (C=O) groups is 3. The van der Waals surface area contributed by atoms with Gasteiger partial charge in [-0.1, -0.05) is 36.4 Å². The first-order chi connectivity index (χ1) is 17.3. The molecule has 2 heterocycles. The molecule has 1 fully saturated rings. The van der Waals surface area contributed by atoms with Gasteiger partial charge in [-0.15, -0.1) is 0 Å². The average Bonchev–Trinajstić information content (AvgIpc) is 3.45. The van der Waals surface area contributed by atoms with Crippen LogP contribution in [0.15, 0.2) is 54.6 Å². The summed E-state index contributed by atoms with van der Waals surface area (Å²) < 4.78 is 21.6. The highest BCUT2D eigenvalue weighted by atomic mass is 19.1. The van der Waals surface area contributed by atoms with Gasteiger partial charge in [-0.3, -0.25) is 14.4 Å². The fourth-order valence-electron chi connectivity index (χ4n) is 4.20. The van der Waals surface area contributed by atoms with Crippen molar-refractivity contribution in [2.75, 3.05) is 19.7 Å². The van der Waals surface area contributed by atoms with E-state index in [1.54, 1.807) is 23.1 Å². The Morgan fingerprint density at radius 1 is 1.19 bits per heavy atom. The predicted octanol–water partition coefficient (Wildman–Crippen LogP) is 3.27. The van der Waals surface area contributed by atoms with Crippen LogP contribution in [-0.4, -0.2) is 57.3 Å². The van der Waals surface area contributed by atoms with Gasteiger partial charge in [0.25, 0.3) is 5.91 Å². The van der Waals surface area contributed by atoms with Crippen LogP contribution in [0, 0.1) is 12.7 Å². The van der Waals surface area contributed by atoms with Gasteiger partial charge in [-0.05, 0) is 36.6 Å². The molecule has 0 radical (unpaired) electrons. The zero-order chi connectivity index (χ0) is 25.7. The molecule has 9 nitrogen and oxygen atoms in total. The van der Waals surface area contributed by atoms with Crippen molar-refractivity contribution in [3.63, 3.8) is 0 Å². The lowest BCUT2D eigenvalue weighted by molar-refractivity contribution is -0.137. The van der Waals surface area contributed by atoms with Crippen molar-refractivity contribution < 1.29 is 28.6 Å². The molecule has 0 bridgehead atoms. The van der Waals surface area contributed by atoms with Gasteiger partial charge in [0.1, 0.15) is 18.1 Å². The average molecular weight is 495 g/mol. The van der Waals surface area contributed by atoms with Crippen molar-refractivity contribution in [2.24, 2.45) is 0 Å². The van der Waals surface area contributed by atoms with Gasteiger partial charge in [0.15, 0.2) is 5.69 Å². The molecule has 1 atom stereocenters. The molecule has 0 unspecified atom stereocenters. The largest absolute Gasteiger partial charge is 0.481 e. The Hall–Kier alpha value is -4.21. The molecule has 2 amide bonds. The maximum Gasteiger partial charge on any atom is 0.305 e. The first kappa shape index (κ1) is 24.9. The van der Waals surface area contributed by atoms with E-state index >= 15 is 0 Å². The number of carbonyl (C=O) groups excluding carboxylic acids is 2. The number of carboxylic acid groups (broad SMARTS) is 1. The first-order valence-corrected chi connectivity index (χ1v) is 11.7. The number of aliphatic carboxylic acids is 1. The molecule has 1 aliphatic heterocycles. The Morgan fingerprint density at radius 2 is 1.94 bits per heavy atom. The number of likely N-dealkylation sites (tertiary alicyclic amines) is 1. The number of rotatable bonds is 10. The summed E-state index contributed by atoms with van der Waals surface area (Å²) in [5, 5.41) is 16.4. The van der Waals surface area contributed by atoms with E-state index < -0.39 is 23.7 Å². The van der Waals surface area contributed by atoms with E-state index in [9.17, 15) is 23.9 Å². The Bertz CT molecular complexity index is 1270. The number of hydrogen-bond donors (Lipinski definition) is 2. The summed E-state index contributed by atoms with van der Waals surface area (Å²) in [6.07, 6.45) is 0.989. The first-order valence-electron chi connectivity index (χ1n) is 11.7. The van der Waals surface area contributed by atoms with Gasteiger partial charge in [0.2, 0.25) is 11.8 Å². The second-order valence-corrected chi connectivity index (χ2v) is 8.54.